The summed E-state index contributed by atoms with van der Waals surface area (Å²) in [5.74, 6) is 0.151. The molecule has 0 saturated carbocycles. The summed E-state index contributed by atoms with van der Waals surface area (Å²) in [7, 11) is 0. The number of benzene rings is 1. The van der Waals surface area contributed by atoms with E-state index in [4.69, 9.17) is 16.0 Å². The van der Waals surface area contributed by atoms with Gasteiger partial charge in [-0.1, -0.05) is 23.7 Å². The van der Waals surface area contributed by atoms with Crippen LogP contribution < -0.4 is 5.32 Å². The lowest BCUT2D eigenvalue weighted by molar-refractivity contribution is 0.0926. The van der Waals surface area contributed by atoms with Crippen molar-refractivity contribution in [3.05, 3.63) is 50.6 Å². The molecule has 6 heteroatoms. The van der Waals surface area contributed by atoms with Gasteiger partial charge in [-0.3, -0.25) is 4.79 Å². The summed E-state index contributed by atoms with van der Waals surface area (Å²) < 4.78 is 5.67. The first-order chi connectivity index (χ1) is 11.6. The van der Waals surface area contributed by atoms with E-state index in [0.717, 1.165) is 40.9 Å². The van der Waals surface area contributed by atoms with Gasteiger partial charge in [0.05, 0.1) is 10.0 Å². The number of carbonyl (C=O) groups is 1. The van der Waals surface area contributed by atoms with Crippen LogP contribution >= 0.6 is 22.9 Å². The molecule has 0 saturated heterocycles. The molecule has 4 nitrogen and oxygen atoms in total. The van der Waals surface area contributed by atoms with Crippen LogP contribution in [-0.2, 0) is 6.42 Å². The maximum absolute atomic E-state index is 12.3. The lowest BCUT2D eigenvalue weighted by Crippen LogP contribution is -2.24. The van der Waals surface area contributed by atoms with Crippen molar-refractivity contribution in [1.82, 2.24) is 10.3 Å². The summed E-state index contributed by atoms with van der Waals surface area (Å²) in [5.41, 5.74) is 2.46. The number of nitrogens with one attached hydrogen (secondary N) is 1. The topological polar surface area (TPSA) is 55.1 Å². The van der Waals surface area contributed by atoms with Gasteiger partial charge in [0.1, 0.15) is 0 Å². The van der Waals surface area contributed by atoms with Gasteiger partial charge in [0, 0.05) is 28.6 Å². The Morgan fingerprint density at radius 1 is 1.33 bits per heavy atom. The highest BCUT2D eigenvalue weighted by molar-refractivity contribution is 7.09. The zero-order chi connectivity index (χ0) is 17.1. The van der Waals surface area contributed by atoms with Crippen LogP contribution in [-0.4, -0.2) is 17.4 Å². The minimum absolute atomic E-state index is 0.190. The first kappa shape index (κ1) is 17.0. The number of thiazole rings is 1. The maximum Gasteiger partial charge on any atom is 0.287 e. The van der Waals surface area contributed by atoms with E-state index in [1.807, 2.05) is 26.0 Å². The first-order valence-electron chi connectivity index (χ1n) is 7.93. The quantitative estimate of drug-likeness (QED) is 0.634. The van der Waals surface area contributed by atoms with E-state index in [2.05, 4.69) is 15.7 Å². The van der Waals surface area contributed by atoms with Gasteiger partial charge < -0.3 is 9.73 Å². The van der Waals surface area contributed by atoms with E-state index in [1.165, 1.54) is 0 Å². The SMILES string of the molecule is Cc1csc(CCCCNC(=O)c2oc3c(Cl)cccc3c2C)n1. The van der Waals surface area contributed by atoms with Gasteiger partial charge in [-0.25, -0.2) is 4.98 Å². The van der Waals surface area contributed by atoms with E-state index < -0.39 is 0 Å². The number of fused-ring (bicyclic) bond motifs is 1. The standard InChI is InChI=1S/C18H19ClN2O2S/c1-11-10-24-15(21-11)8-3-4-9-20-18(22)16-12(2)13-6-5-7-14(19)17(13)23-16/h5-7,10H,3-4,8-9H2,1-2H3,(H,20,22). The number of aryl methyl sites for hydroxylation is 3. The number of para-hydroxylation sites is 1. The molecule has 0 aliphatic carbocycles. The molecule has 3 rings (SSSR count). The minimum atomic E-state index is -0.190. The van der Waals surface area contributed by atoms with Gasteiger partial charge in [-0.2, -0.15) is 0 Å². The van der Waals surface area contributed by atoms with Crippen molar-refractivity contribution < 1.29 is 9.21 Å². The average Bonchev–Trinajstić information content (AvgIpc) is 3.12. The molecule has 126 valence electrons. The summed E-state index contributed by atoms with van der Waals surface area (Å²) in [5, 5.41) is 7.54. The van der Waals surface area contributed by atoms with Crippen LogP contribution in [0.25, 0.3) is 11.0 Å². The van der Waals surface area contributed by atoms with Crippen molar-refractivity contribution in [2.75, 3.05) is 6.54 Å². The number of nitrogens with zero attached hydrogens (tertiary/aromatic N) is 1. The number of unbranched alkanes of at least 4 members (excludes halogenated alkanes) is 1. The molecule has 1 amide bonds. The second-order valence-electron chi connectivity index (χ2n) is 5.77. The molecule has 0 aliphatic rings. The van der Waals surface area contributed by atoms with Crippen LogP contribution in [0.5, 0.6) is 0 Å². The predicted octanol–water partition coefficient (Wildman–Crippen LogP) is 4.91. The first-order valence-corrected chi connectivity index (χ1v) is 9.19. The number of aromatic nitrogens is 1. The van der Waals surface area contributed by atoms with Crippen molar-refractivity contribution in [2.45, 2.75) is 33.1 Å². The van der Waals surface area contributed by atoms with Crippen molar-refractivity contribution in [2.24, 2.45) is 0 Å². The Balaban J connectivity index is 1.54. The molecule has 2 heterocycles. The molecule has 0 unspecified atom stereocenters. The van der Waals surface area contributed by atoms with Crippen LogP contribution in [0, 0.1) is 13.8 Å². The molecule has 1 aromatic carbocycles. The minimum Gasteiger partial charge on any atom is -0.449 e. The van der Waals surface area contributed by atoms with E-state index in [9.17, 15) is 4.79 Å². The fraction of sp³-hybridized carbons (Fsp3) is 0.333. The normalized spacial score (nSPS) is 11.1. The molecule has 0 radical (unpaired) electrons. The average molecular weight is 363 g/mol. The molecular formula is C18H19ClN2O2S. The smallest absolute Gasteiger partial charge is 0.287 e. The van der Waals surface area contributed by atoms with Gasteiger partial charge in [0.15, 0.2) is 11.3 Å². The largest absolute Gasteiger partial charge is 0.449 e. The van der Waals surface area contributed by atoms with Crippen LogP contribution in [0.3, 0.4) is 0 Å². The van der Waals surface area contributed by atoms with Crippen molar-refractivity contribution >= 4 is 39.8 Å². The third-order valence-electron chi connectivity index (χ3n) is 3.89. The van der Waals surface area contributed by atoms with Crippen LogP contribution in [0.1, 0.15) is 39.7 Å². The number of halogens is 1. The zero-order valence-corrected chi connectivity index (χ0v) is 15.3. The molecule has 2 aromatic heterocycles. The second-order valence-corrected chi connectivity index (χ2v) is 7.12. The van der Waals surface area contributed by atoms with E-state index in [-0.39, 0.29) is 5.91 Å². The highest BCUT2D eigenvalue weighted by Crippen LogP contribution is 2.30. The number of hydrogen-bond donors (Lipinski definition) is 1. The van der Waals surface area contributed by atoms with Crippen LogP contribution in [0.2, 0.25) is 5.02 Å². The summed E-state index contributed by atoms with van der Waals surface area (Å²) >= 11 is 7.81. The fourth-order valence-corrected chi connectivity index (χ4v) is 3.66. The van der Waals surface area contributed by atoms with Gasteiger partial charge in [0.25, 0.3) is 5.91 Å². The highest BCUT2D eigenvalue weighted by Gasteiger charge is 2.18. The number of amides is 1. The molecule has 0 aliphatic heterocycles. The Morgan fingerprint density at radius 2 is 2.17 bits per heavy atom. The molecular weight excluding hydrogens is 344 g/mol. The van der Waals surface area contributed by atoms with E-state index in [1.54, 1.807) is 17.4 Å². The Bertz CT molecular complexity index is 869. The summed E-state index contributed by atoms with van der Waals surface area (Å²) in [6, 6.07) is 5.52. The summed E-state index contributed by atoms with van der Waals surface area (Å²) in [4.78, 5) is 16.8. The van der Waals surface area contributed by atoms with Crippen LogP contribution in [0.4, 0.5) is 0 Å². The molecule has 3 aromatic rings. The zero-order valence-electron chi connectivity index (χ0n) is 13.7. The Morgan fingerprint density at radius 3 is 2.88 bits per heavy atom. The molecule has 0 fully saturated rings. The van der Waals surface area contributed by atoms with Crippen molar-refractivity contribution in [3.8, 4) is 0 Å². The summed E-state index contributed by atoms with van der Waals surface area (Å²) in [6.07, 6.45) is 2.86. The number of furan rings is 1. The predicted molar refractivity (Wildman–Crippen MR) is 98.1 cm³/mol. The van der Waals surface area contributed by atoms with Crippen molar-refractivity contribution in [1.29, 1.82) is 0 Å². The molecule has 0 spiro atoms. The monoisotopic (exact) mass is 362 g/mol. The second kappa shape index (κ2) is 7.36. The Labute approximate surface area is 149 Å². The number of carbonyl (C=O) groups excluding carboxylic acids is 1. The lowest BCUT2D eigenvalue weighted by atomic mass is 10.1. The number of rotatable bonds is 6. The molecule has 0 atom stereocenters. The number of hydrogen-bond acceptors (Lipinski definition) is 4. The van der Waals surface area contributed by atoms with Crippen LogP contribution in [0.15, 0.2) is 28.0 Å². The Hall–Kier alpha value is -1.85. The fourth-order valence-electron chi connectivity index (χ4n) is 2.63. The molecule has 24 heavy (non-hydrogen) atoms. The third kappa shape index (κ3) is 3.62. The lowest BCUT2D eigenvalue weighted by Gasteiger charge is -2.03. The van der Waals surface area contributed by atoms with E-state index >= 15 is 0 Å². The maximum atomic E-state index is 12.3. The summed E-state index contributed by atoms with van der Waals surface area (Å²) in [6.45, 7) is 4.50. The van der Waals surface area contributed by atoms with Gasteiger partial charge in [0.2, 0.25) is 0 Å². The van der Waals surface area contributed by atoms with E-state index in [0.29, 0.717) is 22.9 Å². The Kier molecular flexibility index (Phi) is 5.21. The van der Waals surface area contributed by atoms with Gasteiger partial charge in [-0.15, -0.1) is 11.3 Å². The molecule has 1 N–H and O–H groups in total. The molecule has 0 bridgehead atoms. The van der Waals surface area contributed by atoms with Gasteiger partial charge in [-0.05, 0) is 39.2 Å². The van der Waals surface area contributed by atoms with Gasteiger partial charge >= 0.3 is 0 Å². The highest BCUT2D eigenvalue weighted by atomic mass is 35.5. The van der Waals surface area contributed by atoms with Crippen molar-refractivity contribution in [3.63, 3.8) is 0 Å². The third-order valence-corrected chi connectivity index (χ3v) is 5.22.